The summed E-state index contributed by atoms with van der Waals surface area (Å²) in [6.07, 6.45) is 6.61. The fourth-order valence-corrected chi connectivity index (χ4v) is 3.80. The fourth-order valence-electron chi connectivity index (χ4n) is 3.67. The lowest BCUT2D eigenvalue weighted by molar-refractivity contribution is -0.140. The molecule has 2 fully saturated rings. The van der Waals surface area contributed by atoms with Gasteiger partial charge in [0.1, 0.15) is 0 Å². The van der Waals surface area contributed by atoms with Gasteiger partial charge in [0.05, 0.1) is 18.1 Å². The number of rotatable bonds is 2. The van der Waals surface area contributed by atoms with Gasteiger partial charge in [-0.2, -0.15) is 10.1 Å². The molecule has 2 aliphatic carbocycles. The summed E-state index contributed by atoms with van der Waals surface area (Å²) in [6, 6.07) is 7.08. The maximum absolute atomic E-state index is 12.4. The zero-order valence-electron chi connectivity index (χ0n) is 11.1. The number of carbonyl (C=O) groups is 2. The Balaban J connectivity index is 1.58. The van der Waals surface area contributed by atoms with Crippen molar-refractivity contribution in [1.82, 2.24) is 5.01 Å². The smallest absolute Gasteiger partial charge is 0.254 e. The predicted molar refractivity (Wildman–Crippen MR) is 78.6 cm³/mol. The monoisotopic (exact) mass is 300 g/mol. The molecule has 1 aromatic carbocycles. The molecule has 2 amide bonds. The molecule has 0 radical (unpaired) electrons. The van der Waals surface area contributed by atoms with Crippen LogP contribution in [0.15, 0.2) is 41.5 Å². The number of carbonyl (C=O) groups excluding carboxylic acids is 2. The first kappa shape index (κ1) is 12.8. The second-order valence-electron chi connectivity index (χ2n) is 5.78. The molecule has 1 aliphatic heterocycles. The Bertz CT molecular complexity index is 650. The van der Waals surface area contributed by atoms with Crippen molar-refractivity contribution < 1.29 is 9.59 Å². The van der Waals surface area contributed by atoms with Crippen molar-refractivity contribution in [1.29, 1.82) is 0 Å². The van der Waals surface area contributed by atoms with Gasteiger partial charge < -0.3 is 0 Å². The maximum Gasteiger partial charge on any atom is 0.254 e. The normalized spacial score (nSPS) is 33.5. The van der Waals surface area contributed by atoms with E-state index in [1.54, 1.807) is 24.3 Å². The molecular formula is C16H13ClN2O2. The largest absolute Gasteiger partial charge is 0.272 e. The van der Waals surface area contributed by atoms with Gasteiger partial charge in [-0.25, -0.2) is 0 Å². The third-order valence-corrected chi connectivity index (χ3v) is 4.89. The van der Waals surface area contributed by atoms with Crippen LogP contribution in [0.1, 0.15) is 12.0 Å². The van der Waals surface area contributed by atoms with Gasteiger partial charge in [0.2, 0.25) is 0 Å². The van der Waals surface area contributed by atoms with Gasteiger partial charge in [-0.3, -0.25) is 9.59 Å². The number of fused-ring (bicyclic) bond motifs is 5. The van der Waals surface area contributed by atoms with Crippen molar-refractivity contribution in [3.05, 3.63) is 47.0 Å². The van der Waals surface area contributed by atoms with Crippen LogP contribution in [0, 0.1) is 23.7 Å². The van der Waals surface area contributed by atoms with E-state index in [0.717, 1.165) is 17.0 Å². The molecule has 4 rings (SSSR count). The zero-order valence-corrected chi connectivity index (χ0v) is 11.9. The number of benzene rings is 1. The Morgan fingerprint density at radius 3 is 2.19 bits per heavy atom. The molecule has 5 heteroatoms. The highest BCUT2D eigenvalue weighted by Gasteiger charge is 2.59. The van der Waals surface area contributed by atoms with Gasteiger partial charge in [0, 0.05) is 5.02 Å². The minimum Gasteiger partial charge on any atom is -0.272 e. The molecule has 0 aromatic heterocycles. The minimum absolute atomic E-state index is 0.160. The molecule has 1 saturated carbocycles. The highest BCUT2D eigenvalue weighted by molar-refractivity contribution is 6.30. The lowest BCUT2D eigenvalue weighted by Crippen LogP contribution is -2.28. The molecule has 0 N–H and O–H groups in total. The second-order valence-corrected chi connectivity index (χ2v) is 6.22. The van der Waals surface area contributed by atoms with Crippen LogP contribution in [0.25, 0.3) is 0 Å². The second kappa shape index (κ2) is 4.53. The van der Waals surface area contributed by atoms with Gasteiger partial charge in [-0.15, -0.1) is 0 Å². The summed E-state index contributed by atoms with van der Waals surface area (Å²) in [5, 5.41) is 5.79. The Morgan fingerprint density at radius 1 is 1.05 bits per heavy atom. The molecular weight excluding hydrogens is 288 g/mol. The number of amides is 2. The molecule has 3 aliphatic rings. The highest BCUT2D eigenvalue weighted by Crippen LogP contribution is 2.52. The van der Waals surface area contributed by atoms with Gasteiger partial charge in [0.15, 0.2) is 0 Å². The van der Waals surface area contributed by atoms with Crippen LogP contribution in [0.2, 0.25) is 5.02 Å². The van der Waals surface area contributed by atoms with Crippen LogP contribution in [-0.2, 0) is 9.59 Å². The van der Waals surface area contributed by atoms with Gasteiger partial charge in [0.25, 0.3) is 11.8 Å². The quantitative estimate of drug-likeness (QED) is 0.479. The molecule has 4 unspecified atom stereocenters. The Morgan fingerprint density at radius 2 is 1.62 bits per heavy atom. The lowest BCUT2D eigenvalue weighted by atomic mass is 9.85. The van der Waals surface area contributed by atoms with Crippen LogP contribution in [0.3, 0.4) is 0 Å². The summed E-state index contributed by atoms with van der Waals surface area (Å²) < 4.78 is 0. The summed E-state index contributed by atoms with van der Waals surface area (Å²) in [4.78, 5) is 24.8. The first-order valence-corrected chi connectivity index (χ1v) is 7.38. The molecule has 0 spiro atoms. The van der Waals surface area contributed by atoms with Crippen molar-refractivity contribution in [2.75, 3.05) is 0 Å². The molecule has 21 heavy (non-hydrogen) atoms. The Hall–Kier alpha value is -1.94. The average Bonchev–Trinajstić information content (AvgIpc) is 3.14. The van der Waals surface area contributed by atoms with Crippen molar-refractivity contribution in [2.24, 2.45) is 28.8 Å². The van der Waals surface area contributed by atoms with Gasteiger partial charge >= 0.3 is 0 Å². The van der Waals surface area contributed by atoms with Crippen molar-refractivity contribution in [2.45, 2.75) is 6.42 Å². The van der Waals surface area contributed by atoms with E-state index in [-0.39, 0.29) is 35.5 Å². The molecule has 106 valence electrons. The predicted octanol–water partition coefficient (Wildman–Crippen LogP) is 2.48. The maximum atomic E-state index is 12.4. The Labute approximate surface area is 127 Å². The van der Waals surface area contributed by atoms with Crippen LogP contribution in [-0.4, -0.2) is 23.0 Å². The summed E-state index contributed by atoms with van der Waals surface area (Å²) in [7, 11) is 0. The molecule has 4 atom stereocenters. The first-order chi connectivity index (χ1) is 10.1. The highest BCUT2D eigenvalue weighted by atomic mass is 35.5. The van der Waals surface area contributed by atoms with Crippen molar-refractivity contribution >= 4 is 29.6 Å². The Kier molecular flexibility index (Phi) is 2.76. The van der Waals surface area contributed by atoms with Gasteiger partial charge in [-0.05, 0) is 36.0 Å². The number of allylic oxidation sites excluding steroid dienone is 2. The van der Waals surface area contributed by atoms with E-state index >= 15 is 0 Å². The zero-order chi connectivity index (χ0) is 14.6. The third kappa shape index (κ3) is 1.86. The fraction of sp³-hybridized carbons (Fsp3) is 0.312. The molecule has 1 heterocycles. The van der Waals surface area contributed by atoms with E-state index in [1.165, 1.54) is 6.21 Å². The van der Waals surface area contributed by atoms with Crippen LogP contribution in [0.4, 0.5) is 0 Å². The molecule has 4 nitrogen and oxygen atoms in total. The number of nitrogens with zero attached hydrogens (tertiary/aromatic N) is 2. The summed E-state index contributed by atoms with van der Waals surface area (Å²) in [5.41, 5.74) is 0.804. The lowest BCUT2D eigenvalue weighted by Gasteiger charge is -2.13. The summed E-state index contributed by atoms with van der Waals surface area (Å²) in [5.74, 6) is -0.289. The summed E-state index contributed by atoms with van der Waals surface area (Å²) in [6.45, 7) is 0. The van der Waals surface area contributed by atoms with Gasteiger partial charge in [-0.1, -0.05) is 35.9 Å². The van der Waals surface area contributed by atoms with Crippen molar-refractivity contribution in [3.8, 4) is 0 Å². The molecule has 1 saturated heterocycles. The van der Waals surface area contributed by atoms with E-state index in [1.807, 2.05) is 0 Å². The number of halogens is 1. The van der Waals surface area contributed by atoms with Crippen LogP contribution >= 0.6 is 11.6 Å². The van der Waals surface area contributed by atoms with E-state index in [0.29, 0.717) is 5.02 Å². The summed E-state index contributed by atoms with van der Waals surface area (Å²) >= 11 is 5.82. The van der Waals surface area contributed by atoms with Crippen LogP contribution < -0.4 is 0 Å². The number of hydrogen-bond acceptors (Lipinski definition) is 3. The molecule has 1 aromatic rings. The SMILES string of the molecule is O=C1C2C3C=CC(C3)C2C(=O)N1/N=C/c1ccc(Cl)cc1. The number of hydrazone groups is 1. The van der Waals surface area contributed by atoms with E-state index in [9.17, 15) is 9.59 Å². The average molecular weight is 301 g/mol. The number of imide groups is 1. The van der Waals surface area contributed by atoms with E-state index in [2.05, 4.69) is 17.3 Å². The first-order valence-electron chi connectivity index (χ1n) is 7.01. The minimum atomic E-state index is -0.199. The van der Waals surface area contributed by atoms with Crippen molar-refractivity contribution in [3.63, 3.8) is 0 Å². The third-order valence-electron chi connectivity index (χ3n) is 4.64. The van der Waals surface area contributed by atoms with Crippen LogP contribution in [0.5, 0.6) is 0 Å². The standard InChI is InChI=1S/C16H13ClN2O2/c17-12-5-1-9(2-6-12)8-18-19-15(20)13-10-3-4-11(7-10)14(13)16(19)21/h1-6,8,10-11,13-14H,7H2/b18-8+. The molecule has 2 bridgehead atoms. The van der Waals surface area contributed by atoms with E-state index in [4.69, 9.17) is 11.6 Å². The topological polar surface area (TPSA) is 49.7 Å². The van der Waals surface area contributed by atoms with E-state index < -0.39 is 0 Å². The number of hydrogen-bond donors (Lipinski definition) is 0.